The van der Waals surface area contributed by atoms with Crippen molar-refractivity contribution in [3.8, 4) is 16.9 Å². The zero-order chi connectivity index (χ0) is 18.4. The lowest BCUT2D eigenvalue weighted by Crippen LogP contribution is -2.16. The Balaban J connectivity index is 2.29. The number of halogens is 2. The molecule has 0 spiro atoms. The van der Waals surface area contributed by atoms with Gasteiger partial charge in [-0.25, -0.2) is 22.3 Å². The van der Waals surface area contributed by atoms with E-state index in [2.05, 4.69) is 4.98 Å². The van der Waals surface area contributed by atoms with E-state index < -0.39 is 31.4 Å². The van der Waals surface area contributed by atoms with Crippen LogP contribution in [0.5, 0.6) is 0 Å². The number of rotatable bonds is 3. The first-order valence-electron chi connectivity index (χ1n) is 6.85. The summed E-state index contributed by atoms with van der Waals surface area (Å²) < 4.78 is 52.3. The van der Waals surface area contributed by atoms with Gasteiger partial charge in [0.15, 0.2) is 0 Å². The first-order chi connectivity index (χ1) is 11.7. The highest BCUT2D eigenvalue weighted by molar-refractivity contribution is 7.89. The van der Waals surface area contributed by atoms with Crippen molar-refractivity contribution in [2.24, 2.45) is 5.14 Å². The molecule has 2 heterocycles. The number of nitrogens with zero attached hydrogens (tertiary/aromatic N) is 2. The van der Waals surface area contributed by atoms with Crippen LogP contribution in [-0.4, -0.2) is 18.0 Å². The van der Waals surface area contributed by atoms with Gasteiger partial charge in [0.05, 0.1) is 17.1 Å². The monoisotopic (exact) mass is 383 g/mol. The zero-order valence-corrected chi connectivity index (χ0v) is 14.4. The van der Waals surface area contributed by atoms with Crippen molar-refractivity contribution >= 4 is 21.4 Å². The highest BCUT2D eigenvalue weighted by Gasteiger charge is 2.22. The van der Waals surface area contributed by atoms with Gasteiger partial charge in [-0.2, -0.15) is 0 Å². The van der Waals surface area contributed by atoms with Crippen molar-refractivity contribution in [2.45, 2.75) is 11.8 Å². The van der Waals surface area contributed by atoms with Crippen molar-refractivity contribution in [1.82, 2.24) is 9.55 Å². The first-order valence-corrected chi connectivity index (χ1v) is 9.27. The summed E-state index contributed by atoms with van der Waals surface area (Å²) in [5.74, 6) is -2.22. The number of thiazole rings is 1. The molecular formula is C15H11F2N3O3S2. The Bertz CT molecular complexity index is 1140. The van der Waals surface area contributed by atoms with Crippen LogP contribution in [0.3, 0.4) is 0 Å². The van der Waals surface area contributed by atoms with Gasteiger partial charge in [0.2, 0.25) is 10.0 Å². The maximum atomic E-state index is 14.4. The molecule has 0 aliphatic carbocycles. The number of pyridine rings is 1. The number of aromatic nitrogens is 2. The molecule has 2 N–H and O–H groups in total. The van der Waals surface area contributed by atoms with Crippen molar-refractivity contribution in [1.29, 1.82) is 0 Å². The van der Waals surface area contributed by atoms with E-state index in [1.54, 1.807) is 19.1 Å². The molecule has 10 heteroatoms. The fourth-order valence-corrected chi connectivity index (χ4v) is 3.72. The Morgan fingerprint density at radius 2 is 1.96 bits per heavy atom. The predicted molar refractivity (Wildman–Crippen MR) is 89.2 cm³/mol. The largest absolute Gasteiger partial charge is 0.312 e. The summed E-state index contributed by atoms with van der Waals surface area (Å²) in [6.45, 7) is 1.67. The highest BCUT2D eigenvalue weighted by Crippen LogP contribution is 2.29. The predicted octanol–water partition coefficient (Wildman–Crippen LogP) is 2.20. The second-order valence-corrected chi connectivity index (χ2v) is 7.49. The van der Waals surface area contributed by atoms with E-state index in [1.165, 1.54) is 16.1 Å². The van der Waals surface area contributed by atoms with E-state index in [-0.39, 0.29) is 11.3 Å². The lowest BCUT2D eigenvalue weighted by Gasteiger charge is -2.11. The number of benzene rings is 1. The molecule has 1 aromatic carbocycles. The van der Waals surface area contributed by atoms with E-state index in [4.69, 9.17) is 5.14 Å². The number of primary sulfonamides is 1. The van der Waals surface area contributed by atoms with E-state index in [0.717, 1.165) is 11.3 Å². The molecule has 0 aliphatic rings. The van der Waals surface area contributed by atoms with Crippen LogP contribution < -0.4 is 10.0 Å². The minimum Gasteiger partial charge on any atom is -0.265 e. The Hall–Kier alpha value is -2.43. The summed E-state index contributed by atoms with van der Waals surface area (Å²) in [5, 5.41) is 6.23. The molecular weight excluding hydrogens is 372 g/mol. The Morgan fingerprint density at radius 1 is 1.24 bits per heavy atom. The Kier molecular flexibility index (Phi) is 4.27. The molecule has 6 nitrogen and oxygen atoms in total. The number of hydrogen-bond donors (Lipinski definition) is 1. The summed E-state index contributed by atoms with van der Waals surface area (Å²) in [5.41, 5.74) is 0.764. The van der Waals surface area contributed by atoms with Crippen LogP contribution in [-0.2, 0) is 10.0 Å². The SMILES string of the molecule is Cc1ncccc1-n1c(-c2cc(F)c(S(N)(=O)=O)cc2F)csc1=O. The van der Waals surface area contributed by atoms with Gasteiger partial charge in [-0.05, 0) is 31.2 Å². The van der Waals surface area contributed by atoms with Gasteiger partial charge in [-0.3, -0.25) is 14.3 Å². The average Bonchev–Trinajstić information content (AvgIpc) is 2.90. The van der Waals surface area contributed by atoms with Gasteiger partial charge in [0, 0.05) is 17.1 Å². The molecule has 0 fully saturated rings. The smallest absolute Gasteiger partial charge is 0.265 e. The van der Waals surface area contributed by atoms with Crippen LogP contribution in [0, 0.1) is 18.6 Å². The van der Waals surface area contributed by atoms with Crippen LogP contribution >= 0.6 is 11.3 Å². The third-order valence-electron chi connectivity index (χ3n) is 3.52. The van der Waals surface area contributed by atoms with Gasteiger partial charge in [-0.15, -0.1) is 0 Å². The van der Waals surface area contributed by atoms with Crippen LogP contribution in [0.4, 0.5) is 8.78 Å². The summed E-state index contributed by atoms with van der Waals surface area (Å²) in [4.78, 5) is 14.9. The molecule has 25 heavy (non-hydrogen) atoms. The standard InChI is InChI=1S/C15H11F2N3O3S2/c1-8-12(3-2-4-19-8)20-13(7-24-15(20)21)9-5-11(17)14(6-10(9)16)25(18,22)23/h2-7H,1H3,(H2,18,22,23). The van der Waals surface area contributed by atoms with Crippen molar-refractivity contribution in [2.75, 3.05) is 0 Å². The number of hydrogen-bond acceptors (Lipinski definition) is 5. The molecule has 2 aromatic heterocycles. The maximum absolute atomic E-state index is 14.4. The third-order valence-corrected chi connectivity index (χ3v) is 5.17. The molecule has 0 radical (unpaired) electrons. The molecule has 0 unspecified atom stereocenters. The van der Waals surface area contributed by atoms with E-state index in [0.29, 0.717) is 23.5 Å². The molecule has 0 atom stereocenters. The van der Waals surface area contributed by atoms with Crippen molar-refractivity contribution < 1.29 is 17.2 Å². The second kappa shape index (κ2) is 6.14. The number of sulfonamides is 1. The minimum absolute atomic E-state index is 0.0865. The zero-order valence-electron chi connectivity index (χ0n) is 12.7. The molecule has 0 saturated carbocycles. The summed E-state index contributed by atoms with van der Waals surface area (Å²) in [7, 11) is -4.41. The summed E-state index contributed by atoms with van der Waals surface area (Å²) >= 11 is 0.801. The van der Waals surface area contributed by atoms with Gasteiger partial charge in [0.25, 0.3) is 0 Å². The average molecular weight is 383 g/mol. The van der Waals surface area contributed by atoms with Gasteiger partial charge < -0.3 is 0 Å². The normalized spacial score (nSPS) is 11.7. The van der Waals surface area contributed by atoms with E-state index in [9.17, 15) is 22.0 Å². The van der Waals surface area contributed by atoms with Crippen molar-refractivity contribution in [3.63, 3.8) is 0 Å². The molecule has 0 amide bonds. The molecule has 0 saturated heterocycles. The number of aryl methyl sites for hydroxylation is 1. The topological polar surface area (TPSA) is 95.1 Å². The minimum atomic E-state index is -4.41. The lowest BCUT2D eigenvalue weighted by molar-refractivity contribution is 0.555. The fraction of sp³-hybridized carbons (Fsp3) is 0.0667. The van der Waals surface area contributed by atoms with Crippen molar-refractivity contribution in [3.05, 3.63) is 62.8 Å². The molecule has 130 valence electrons. The third kappa shape index (κ3) is 3.11. The fourth-order valence-electron chi connectivity index (χ4n) is 2.38. The molecule has 0 bridgehead atoms. The van der Waals surface area contributed by atoms with Crippen LogP contribution in [0.15, 0.2) is 45.5 Å². The van der Waals surface area contributed by atoms with E-state index in [1.807, 2.05) is 0 Å². The highest BCUT2D eigenvalue weighted by atomic mass is 32.2. The van der Waals surface area contributed by atoms with Crippen LogP contribution in [0.1, 0.15) is 5.69 Å². The van der Waals surface area contributed by atoms with Gasteiger partial charge in [0.1, 0.15) is 16.5 Å². The Morgan fingerprint density at radius 3 is 2.60 bits per heavy atom. The number of nitrogens with two attached hydrogens (primary N) is 1. The summed E-state index contributed by atoms with van der Waals surface area (Å²) in [6.07, 6.45) is 1.54. The maximum Gasteiger partial charge on any atom is 0.312 e. The second-order valence-electron chi connectivity index (χ2n) is 5.14. The quantitative estimate of drug-likeness (QED) is 0.750. The summed E-state index contributed by atoms with van der Waals surface area (Å²) in [6, 6.07) is 4.44. The van der Waals surface area contributed by atoms with Gasteiger partial charge >= 0.3 is 4.87 Å². The molecule has 3 aromatic rings. The van der Waals surface area contributed by atoms with Crippen LogP contribution in [0.25, 0.3) is 16.9 Å². The lowest BCUT2D eigenvalue weighted by atomic mass is 10.1. The molecule has 0 aliphatic heterocycles. The van der Waals surface area contributed by atoms with Gasteiger partial charge in [-0.1, -0.05) is 11.3 Å². The Labute approximate surface area is 145 Å². The molecule has 3 rings (SSSR count). The first kappa shape index (κ1) is 17.4. The van der Waals surface area contributed by atoms with Crippen LogP contribution in [0.2, 0.25) is 0 Å². The van der Waals surface area contributed by atoms with E-state index >= 15 is 0 Å².